The van der Waals surface area contributed by atoms with E-state index in [9.17, 15) is 8.42 Å². The van der Waals surface area contributed by atoms with Gasteiger partial charge in [0.15, 0.2) is 0 Å². The van der Waals surface area contributed by atoms with E-state index in [4.69, 9.17) is 4.74 Å². The number of nitrogens with one attached hydrogen (secondary N) is 1. The van der Waals surface area contributed by atoms with Gasteiger partial charge in [0.1, 0.15) is 10.6 Å². The summed E-state index contributed by atoms with van der Waals surface area (Å²) in [5.41, 5.74) is 1.48. The summed E-state index contributed by atoms with van der Waals surface area (Å²) < 4.78 is 35.3. The molecular weight excluding hydrogens is 442 g/mol. The average molecular weight is 468 g/mol. The van der Waals surface area contributed by atoms with Gasteiger partial charge < -0.3 is 14.5 Å². The Bertz CT molecular complexity index is 913. The lowest BCUT2D eigenvalue weighted by Crippen LogP contribution is -2.46. The van der Waals surface area contributed by atoms with Gasteiger partial charge in [-0.05, 0) is 43.8 Å². The van der Waals surface area contributed by atoms with Gasteiger partial charge in [-0.25, -0.2) is 8.42 Å². The van der Waals surface area contributed by atoms with Gasteiger partial charge in [-0.15, -0.1) is 0 Å². The lowest BCUT2D eigenvalue weighted by molar-refractivity contribution is 0.271. The first-order valence-corrected chi connectivity index (χ1v) is 11.7. The second-order valence-corrected chi connectivity index (χ2v) is 9.13. The normalized spacial score (nSPS) is 15.5. The predicted molar refractivity (Wildman–Crippen MR) is 117 cm³/mol. The number of rotatable bonds is 7. The molecule has 0 radical (unpaired) electrons. The molecule has 0 unspecified atom stereocenters. The van der Waals surface area contributed by atoms with Crippen LogP contribution in [0.3, 0.4) is 0 Å². The van der Waals surface area contributed by atoms with Crippen molar-refractivity contribution in [1.82, 2.24) is 4.90 Å². The molecule has 6 nitrogen and oxygen atoms in total. The van der Waals surface area contributed by atoms with Crippen LogP contribution >= 0.6 is 15.9 Å². The molecular formula is C20H26BrN3O3S. The van der Waals surface area contributed by atoms with Crippen LogP contribution in [-0.2, 0) is 10.0 Å². The van der Waals surface area contributed by atoms with Crippen LogP contribution in [0.2, 0.25) is 0 Å². The number of benzene rings is 2. The Morgan fingerprint density at radius 1 is 1.07 bits per heavy atom. The van der Waals surface area contributed by atoms with Crippen molar-refractivity contribution in [2.45, 2.75) is 18.7 Å². The summed E-state index contributed by atoms with van der Waals surface area (Å²) in [6.45, 7) is 9.09. The number of hydrogen-bond acceptors (Lipinski definition) is 5. The van der Waals surface area contributed by atoms with Crippen molar-refractivity contribution in [2.75, 3.05) is 49.0 Å². The predicted octanol–water partition coefficient (Wildman–Crippen LogP) is 3.79. The maximum atomic E-state index is 13.1. The monoisotopic (exact) mass is 467 g/mol. The summed E-state index contributed by atoms with van der Waals surface area (Å²) in [6.07, 6.45) is 0. The summed E-state index contributed by atoms with van der Waals surface area (Å²) in [6, 6.07) is 12.5. The number of hydrogen-bond donors (Lipinski definition) is 1. The highest BCUT2D eigenvalue weighted by atomic mass is 79.9. The number of piperazine rings is 1. The summed E-state index contributed by atoms with van der Waals surface area (Å²) in [5, 5.41) is 0. The van der Waals surface area contributed by atoms with E-state index in [0.29, 0.717) is 22.5 Å². The van der Waals surface area contributed by atoms with Crippen molar-refractivity contribution >= 4 is 37.3 Å². The topological polar surface area (TPSA) is 61.9 Å². The molecule has 1 aliphatic rings. The van der Waals surface area contributed by atoms with Crippen LogP contribution in [0.25, 0.3) is 0 Å². The second-order valence-electron chi connectivity index (χ2n) is 6.57. The van der Waals surface area contributed by atoms with Crippen molar-refractivity contribution in [2.24, 2.45) is 0 Å². The molecule has 0 saturated carbocycles. The number of halogens is 1. The van der Waals surface area contributed by atoms with E-state index < -0.39 is 10.0 Å². The Morgan fingerprint density at radius 3 is 2.46 bits per heavy atom. The zero-order valence-corrected chi connectivity index (χ0v) is 18.6. The van der Waals surface area contributed by atoms with Crippen LogP contribution in [0.4, 0.5) is 11.4 Å². The zero-order chi connectivity index (χ0) is 20.1. The van der Waals surface area contributed by atoms with Gasteiger partial charge in [0.05, 0.1) is 18.0 Å². The van der Waals surface area contributed by atoms with Gasteiger partial charge in [0.25, 0.3) is 10.0 Å². The number of anilines is 2. The van der Waals surface area contributed by atoms with E-state index in [0.717, 1.165) is 38.4 Å². The van der Waals surface area contributed by atoms with Gasteiger partial charge in [0, 0.05) is 30.7 Å². The van der Waals surface area contributed by atoms with E-state index in [2.05, 4.69) is 37.4 Å². The lowest BCUT2D eigenvalue weighted by atomic mass is 10.2. The first-order valence-electron chi connectivity index (χ1n) is 9.46. The lowest BCUT2D eigenvalue weighted by Gasteiger charge is -2.36. The molecule has 3 rings (SSSR count). The average Bonchev–Trinajstić information content (AvgIpc) is 2.70. The Kier molecular flexibility index (Phi) is 6.85. The summed E-state index contributed by atoms with van der Waals surface area (Å²) in [4.78, 5) is 4.74. The van der Waals surface area contributed by atoms with Crippen LogP contribution in [0.1, 0.15) is 13.8 Å². The first-order chi connectivity index (χ1) is 13.4. The van der Waals surface area contributed by atoms with Gasteiger partial charge in [-0.1, -0.05) is 35.0 Å². The minimum absolute atomic E-state index is 0.120. The number of ether oxygens (including phenoxy) is 1. The van der Waals surface area contributed by atoms with Crippen LogP contribution < -0.4 is 14.4 Å². The smallest absolute Gasteiger partial charge is 0.265 e. The van der Waals surface area contributed by atoms with E-state index in [1.807, 2.05) is 25.1 Å². The van der Waals surface area contributed by atoms with E-state index in [1.54, 1.807) is 24.3 Å². The molecule has 1 saturated heterocycles. The van der Waals surface area contributed by atoms with E-state index in [-0.39, 0.29) is 4.90 Å². The Hall–Kier alpha value is -1.77. The van der Waals surface area contributed by atoms with Gasteiger partial charge >= 0.3 is 0 Å². The molecule has 0 aliphatic carbocycles. The third kappa shape index (κ3) is 4.79. The largest absolute Gasteiger partial charge is 0.492 e. The van der Waals surface area contributed by atoms with Crippen LogP contribution in [0, 0.1) is 0 Å². The molecule has 0 aromatic heterocycles. The molecule has 2 aromatic rings. The van der Waals surface area contributed by atoms with Crippen molar-refractivity contribution in [3.05, 3.63) is 46.9 Å². The molecule has 8 heteroatoms. The highest BCUT2D eigenvalue weighted by Crippen LogP contribution is 2.32. The molecule has 28 heavy (non-hydrogen) atoms. The van der Waals surface area contributed by atoms with Crippen molar-refractivity contribution in [3.63, 3.8) is 0 Å². The van der Waals surface area contributed by atoms with E-state index >= 15 is 0 Å². The minimum atomic E-state index is -3.81. The molecule has 2 aromatic carbocycles. The Balaban J connectivity index is 1.89. The fourth-order valence-corrected chi connectivity index (χ4v) is 5.07. The number of sulfonamides is 1. The van der Waals surface area contributed by atoms with Crippen molar-refractivity contribution in [3.8, 4) is 5.75 Å². The van der Waals surface area contributed by atoms with Crippen LogP contribution in [0.5, 0.6) is 5.75 Å². The second kappa shape index (κ2) is 9.15. The molecule has 0 atom stereocenters. The van der Waals surface area contributed by atoms with Crippen LogP contribution in [0.15, 0.2) is 51.8 Å². The van der Waals surface area contributed by atoms with E-state index in [1.165, 1.54) is 0 Å². The maximum absolute atomic E-state index is 13.1. The third-order valence-electron chi connectivity index (χ3n) is 4.80. The standard InChI is InChI=1S/C20H26BrN3O3S/c1-3-23-11-13-24(14-12-23)18-8-6-5-7-17(18)22-28(25,26)20-15-16(21)9-10-19(20)27-4-2/h5-10,15,22H,3-4,11-14H2,1-2H3. The quantitative estimate of drug-likeness (QED) is 0.670. The van der Waals surface area contributed by atoms with Gasteiger partial charge in [0.2, 0.25) is 0 Å². The number of nitrogens with zero attached hydrogens (tertiary/aromatic N) is 2. The number of para-hydroxylation sites is 2. The van der Waals surface area contributed by atoms with Crippen LogP contribution in [-0.4, -0.2) is 52.6 Å². The molecule has 0 spiro atoms. The molecule has 1 N–H and O–H groups in total. The third-order valence-corrected chi connectivity index (χ3v) is 6.68. The first kappa shape index (κ1) is 21.0. The molecule has 1 aliphatic heterocycles. The number of likely N-dealkylation sites (N-methyl/N-ethyl adjacent to an activating group) is 1. The highest BCUT2D eigenvalue weighted by molar-refractivity contribution is 9.10. The SMILES string of the molecule is CCOc1ccc(Br)cc1S(=O)(=O)Nc1ccccc1N1CCN(CC)CC1. The molecule has 0 amide bonds. The minimum Gasteiger partial charge on any atom is -0.492 e. The summed E-state index contributed by atoms with van der Waals surface area (Å²) in [7, 11) is -3.81. The highest BCUT2D eigenvalue weighted by Gasteiger charge is 2.24. The van der Waals surface area contributed by atoms with Gasteiger partial charge in [-0.3, -0.25) is 4.72 Å². The van der Waals surface area contributed by atoms with Crippen molar-refractivity contribution in [1.29, 1.82) is 0 Å². The Morgan fingerprint density at radius 2 is 1.79 bits per heavy atom. The zero-order valence-electron chi connectivity index (χ0n) is 16.2. The van der Waals surface area contributed by atoms with Gasteiger partial charge in [-0.2, -0.15) is 0 Å². The fourth-order valence-electron chi connectivity index (χ4n) is 3.31. The summed E-state index contributed by atoms with van der Waals surface area (Å²) in [5.74, 6) is 0.340. The molecule has 1 fully saturated rings. The maximum Gasteiger partial charge on any atom is 0.265 e. The van der Waals surface area contributed by atoms with Crippen molar-refractivity contribution < 1.29 is 13.2 Å². The molecule has 152 valence electrons. The Labute approximate surface area is 175 Å². The fraction of sp³-hybridized carbons (Fsp3) is 0.400. The molecule has 0 bridgehead atoms. The summed E-state index contributed by atoms with van der Waals surface area (Å²) >= 11 is 3.35. The molecule has 1 heterocycles.